The topological polar surface area (TPSA) is 41.0 Å². The molecule has 0 bridgehead atoms. The third-order valence-electron chi connectivity index (χ3n) is 2.92. The summed E-state index contributed by atoms with van der Waals surface area (Å²) in [7, 11) is 1.90. The van der Waals surface area contributed by atoms with Crippen LogP contribution in [0.3, 0.4) is 0 Å². The molecule has 1 heterocycles. The monoisotopic (exact) mass is 234 g/mol. The van der Waals surface area contributed by atoms with E-state index in [-0.39, 0.29) is 0 Å². The van der Waals surface area contributed by atoms with Gasteiger partial charge >= 0.3 is 0 Å². The van der Waals surface area contributed by atoms with Gasteiger partial charge < -0.3 is 10.2 Å². The van der Waals surface area contributed by atoms with Crippen molar-refractivity contribution < 1.29 is 0 Å². The molecule has 4 nitrogen and oxygen atoms in total. The molecule has 0 spiro atoms. The second kappa shape index (κ2) is 4.90. The molecule has 0 saturated heterocycles. The average molecular weight is 234 g/mol. The van der Waals surface area contributed by atoms with Gasteiger partial charge in [0.1, 0.15) is 17.5 Å². The molecule has 1 aromatic heterocycles. The van der Waals surface area contributed by atoms with Crippen LogP contribution in [-0.4, -0.2) is 29.6 Å². The van der Waals surface area contributed by atoms with E-state index in [0.29, 0.717) is 12.0 Å². The summed E-state index contributed by atoms with van der Waals surface area (Å²) in [6.45, 7) is 7.53. The summed E-state index contributed by atoms with van der Waals surface area (Å²) in [5, 5.41) is 3.10. The summed E-state index contributed by atoms with van der Waals surface area (Å²) in [5.41, 5.74) is 0. The number of nitrogens with zero attached hydrogens (tertiary/aromatic N) is 3. The number of nitrogens with one attached hydrogen (secondary N) is 1. The summed E-state index contributed by atoms with van der Waals surface area (Å²) < 4.78 is 0. The molecule has 1 N–H and O–H groups in total. The minimum Gasteiger partial charge on any atom is -0.373 e. The fraction of sp³-hybridized carbons (Fsp3) is 0.692. The molecule has 1 aromatic rings. The largest absolute Gasteiger partial charge is 0.373 e. The quantitative estimate of drug-likeness (QED) is 0.849. The van der Waals surface area contributed by atoms with Gasteiger partial charge in [0, 0.05) is 25.7 Å². The molecular formula is C13H22N4. The molecule has 4 heteroatoms. The maximum atomic E-state index is 4.57. The van der Waals surface area contributed by atoms with Crippen molar-refractivity contribution in [1.29, 1.82) is 0 Å². The molecule has 1 saturated carbocycles. The number of rotatable bonds is 5. The SMILES string of the molecule is CNc1cc(N(CC(C)C)C2CC2)nc(C)n1. The Morgan fingerprint density at radius 2 is 2.12 bits per heavy atom. The van der Waals surface area contributed by atoms with Gasteiger partial charge in [-0.25, -0.2) is 9.97 Å². The van der Waals surface area contributed by atoms with E-state index in [2.05, 4.69) is 34.0 Å². The van der Waals surface area contributed by atoms with E-state index >= 15 is 0 Å². The van der Waals surface area contributed by atoms with Gasteiger partial charge in [0.15, 0.2) is 0 Å². The predicted octanol–water partition coefficient (Wildman–Crippen LogP) is 2.45. The first-order chi connectivity index (χ1) is 8.10. The Balaban J connectivity index is 2.25. The fourth-order valence-corrected chi connectivity index (χ4v) is 2.04. The highest BCUT2D eigenvalue weighted by Gasteiger charge is 2.30. The van der Waals surface area contributed by atoms with Gasteiger partial charge in [0.05, 0.1) is 0 Å². The van der Waals surface area contributed by atoms with E-state index in [1.807, 2.05) is 20.0 Å². The molecule has 1 aliphatic carbocycles. The van der Waals surface area contributed by atoms with Crippen molar-refractivity contribution >= 4 is 11.6 Å². The molecular weight excluding hydrogens is 212 g/mol. The predicted molar refractivity (Wildman–Crippen MR) is 71.5 cm³/mol. The molecule has 0 aliphatic heterocycles. The van der Waals surface area contributed by atoms with Crippen molar-refractivity contribution in [2.45, 2.75) is 39.7 Å². The average Bonchev–Trinajstić information content (AvgIpc) is 3.08. The van der Waals surface area contributed by atoms with Crippen LogP contribution in [0.1, 0.15) is 32.5 Å². The normalized spacial score (nSPS) is 15.1. The minimum absolute atomic E-state index is 0.656. The first kappa shape index (κ1) is 12.1. The summed E-state index contributed by atoms with van der Waals surface area (Å²) in [6.07, 6.45) is 2.59. The molecule has 0 radical (unpaired) electrons. The number of anilines is 2. The van der Waals surface area contributed by atoms with E-state index in [1.165, 1.54) is 12.8 Å². The lowest BCUT2D eigenvalue weighted by Gasteiger charge is -2.26. The summed E-state index contributed by atoms with van der Waals surface area (Å²) in [6, 6.07) is 2.74. The summed E-state index contributed by atoms with van der Waals surface area (Å²) in [5.74, 6) is 3.46. The van der Waals surface area contributed by atoms with Gasteiger partial charge in [-0.15, -0.1) is 0 Å². The van der Waals surface area contributed by atoms with Crippen molar-refractivity contribution in [2.24, 2.45) is 5.92 Å². The number of hydrogen-bond donors (Lipinski definition) is 1. The van der Waals surface area contributed by atoms with Crippen LogP contribution in [0, 0.1) is 12.8 Å². The van der Waals surface area contributed by atoms with Gasteiger partial charge in [-0.2, -0.15) is 0 Å². The Bertz CT molecular complexity index is 385. The van der Waals surface area contributed by atoms with E-state index in [4.69, 9.17) is 0 Å². The zero-order valence-electron chi connectivity index (χ0n) is 11.2. The van der Waals surface area contributed by atoms with Crippen LogP contribution >= 0.6 is 0 Å². The fourth-order valence-electron chi connectivity index (χ4n) is 2.04. The molecule has 1 aliphatic rings. The third kappa shape index (κ3) is 3.08. The maximum absolute atomic E-state index is 4.57. The number of aryl methyl sites for hydroxylation is 1. The highest BCUT2D eigenvalue weighted by Crippen LogP contribution is 2.32. The van der Waals surface area contributed by atoms with Crippen LogP contribution in [0.2, 0.25) is 0 Å². The lowest BCUT2D eigenvalue weighted by Crippen LogP contribution is -2.31. The molecule has 0 aromatic carbocycles. The second-order valence-electron chi connectivity index (χ2n) is 5.19. The highest BCUT2D eigenvalue weighted by atomic mass is 15.2. The Kier molecular flexibility index (Phi) is 3.50. The standard InChI is InChI=1S/C13H22N4/c1-9(2)8-17(11-5-6-11)13-7-12(14-4)15-10(3)16-13/h7,9,11H,5-6,8H2,1-4H3,(H,14,15,16). The third-order valence-corrected chi connectivity index (χ3v) is 2.92. The molecule has 2 rings (SSSR count). The number of aromatic nitrogens is 2. The van der Waals surface area contributed by atoms with Gasteiger partial charge in [0.25, 0.3) is 0 Å². The first-order valence-corrected chi connectivity index (χ1v) is 6.40. The summed E-state index contributed by atoms with van der Waals surface area (Å²) >= 11 is 0. The van der Waals surface area contributed by atoms with Crippen LogP contribution in [0.4, 0.5) is 11.6 Å². The van der Waals surface area contributed by atoms with Crippen molar-refractivity contribution in [3.63, 3.8) is 0 Å². The Morgan fingerprint density at radius 1 is 1.41 bits per heavy atom. The van der Waals surface area contributed by atoms with E-state index in [1.54, 1.807) is 0 Å². The van der Waals surface area contributed by atoms with Crippen LogP contribution in [0.15, 0.2) is 6.07 Å². The van der Waals surface area contributed by atoms with Gasteiger partial charge in [-0.3, -0.25) is 0 Å². The molecule has 0 unspecified atom stereocenters. The first-order valence-electron chi connectivity index (χ1n) is 6.40. The molecule has 0 atom stereocenters. The second-order valence-corrected chi connectivity index (χ2v) is 5.19. The van der Waals surface area contributed by atoms with Crippen molar-refractivity contribution in [2.75, 3.05) is 23.8 Å². The lowest BCUT2D eigenvalue weighted by molar-refractivity contribution is 0.601. The Morgan fingerprint density at radius 3 is 2.65 bits per heavy atom. The van der Waals surface area contributed by atoms with Crippen molar-refractivity contribution in [1.82, 2.24) is 9.97 Å². The molecule has 94 valence electrons. The molecule has 1 fully saturated rings. The maximum Gasteiger partial charge on any atom is 0.134 e. The van der Waals surface area contributed by atoms with Crippen molar-refractivity contribution in [3.8, 4) is 0 Å². The van der Waals surface area contributed by atoms with Crippen LogP contribution < -0.4 is 10.2 Å². The van der Waals surface area contributed by atoms with E-state index in [9.17, 15) is 0 Å². The summed E-state index contributed by atoms with van der Waals surface area (Å²) in [4.78, 5) is 11.3. The van der Waals surface area contributed by atoms with Crippen LogP contribution in [0.5, 0.6) is 0 Å². The molecule has 0 amide bonds. The lowest BCUT2D eigenvalue weighted by atomic mass is 10.2. The van der Waals surface area contributed by atoms with Crippen LogP contribution in [0.25, 0.3) is 0 Å². The van der Waals surface area contributed by atoms with Crippen molar-refractivity contribution in [3.05, 3.63) is 11.9 Å². The zero-order chi connectivity index (χ0) is 12.4. The zero-order valence-corrected chi connectivity index (χ0v) is 11.2. The minimum atomic E-state index is 0.656. The smallest absolute Gasteiger partial charge is 0.134 e. The van der Waals surface area contributed by atoms with Gasteiger partial charge in [-0.05, 0) is 25.7 Å². The molecule has 17 heavy (non-hydrogen) atoms. The van der Waals surface area contributed by atoms with Gasteiger partial charge in [0.2, 0.25) is 0 Å². The van der Waals surface area contributed by atoms with Gasteiger partial charge in [-0.1, -0.05) is 13.8 Å². The Labute approximate surface area is 103 Å². The van der Waals surface area contributed by atoms with E-state index < -0.39 is 0 Å². The number of hydrogen-bond acceptors (Lipinski definition) is 4. The highest BCUT2D eigenvalue weighted by molar-refractivity contribution is 5.50. The Hall–Kier alpha value is -1.32. The van der Waals surface area contributed by atoms with Crippen LogP contribution in [-0.2, 0) is 0 Å². The van der Waals surface area contributed by atoms with E-state index in [0.717, 1.165) is 24.0 Å².